The van der Waals surface area contributed by atoms with Crippen molar-refractivity contribution in [1.29, 1.82) is 0 Å². The van der Waals surface area contributed by atoms with Crippen molar-refractivity contribution >= 4 is 46.2 Å². The molecule has 8 heteroatoms. The van der Waals surface area contributed by atoms with Crippen molar-refractivity contribution in [2.75, 3.05) is 49.9 Å². The molecule has 3 aliphatic rings. The number of likely N-dealkylation sites (tertiary alicyclic amines) is 1. The molecule has 6 nitrogen and oxygen atoms in total. The summed E-state index contributed by atoms with van der Waals surface area (Å²) in [5.74, 6) is 2.68. The summed E-state index contributed by atoms with van der Waals surface area (Å²) >= 11 is 8.75. The maximum atomic E-state index is 13.0. The Hall–Kier alpha value is -2.06. The van der Waals surface area contributed by atoms with Crippen LogP contribution in [0.5, 0.6) is 0 Å². The van der Waals surface area contributed by atoms with Gasteiger partial charge in [0.1, 0.15) is 5.65 Å². The van der Waals surface area contributed by atoms with Gasteiger partial charge in [-0.1, -0.05) is 42.6 Å². The molecule has 184 valence electrons. The fourth-order valence-corrected chi connectivity index (χ4v) is 6.65. The normalized spacial score (nSPS) is 20.1. The van der Waals surface area contributed by atoms with Crippen LogP contribution >= 0.6 is 23.5 Å². The summed E-state index contributed by atoms with van der Waals surface area (Å²) in [5.41, 5.74) is 4.96. The van der Waals surface area contributed by atoms with Gasteiger partial charge in [0.2, 0.25) is 5.91 Å². The molecule has 2 aliphatic heterocycles. The van der Waals surface area contributed by atoms with Crippen molar-refractivity contribution in [2.24, 2.45) is 5.92 Å². The van der Waals surface area contributed by atoms with Gasteiger partial charge in [-0.3, -0.25) is 4.79 Å². The lowest BCUT2D eigenvalue weighted by Crippen LogP contribution is -2.48. The average Bonchev–Trinajstić information content (AvgIpc) is 3.59. The molecule has 3 aromatic rings. The Labute approximate surface area is 216 Å². The first-order valence-corrected chi connectivity index (χ1v) is 14.1. The monoisotopic (exact) mass is 509 g/mol. The number of piperazine rings is 1. The fourth-order valence-electron chi connectivity index (χ4n) is 5.37. The lowest BCUT2D eigenvalue weighted by molar-refractivity contribution is -0.119. The van der Waals surface area contributed by atoms with Gasteiger partial charge in [-0.05, 0) is 60.9 Å². The Balaban J connectivity index is 1.12. The highest BCUT2D eigenvalue weighted by Gasteiger charge is 2.29. The van der Waals surface area contributed by atoms with Crippen LogP contribution < -0.4 is 4.90 Å². The predicted molar refractivity (Wildman–Crippen MR) is 145 cm³/mol. The fraction of sp³-hybridized carbons (Fsp3) is 0.481. The molecule has 2 saturated heterocycles. The van der Waals surface area contributed by atoms with E-state index in [1.54, 1.807) is 0 Å². The van der Waals surface area contributed by atoms with E-state index in [2.05, 4.69) is 44.4 Å². The van der Waals surface area contributed by atoms with Crippen LogP contribution in [0.3, 0.4) is 0 Å². The Kier molecular flexibility index (Phi) is 6.52. The van der Waals surface area contributed by atoms with E-state index in [0.29, 0.717) is 19.0 Å². The van der Waals surface area contributed by atoms with Gasteiger partial charge < -0.3 is 14.8 Å². The van der Waals surface area contributed by atoms with E-state index in [-0.39, 0.29) is 5.91 Å². The van der Waals surface area contributed by atoms with Crippen molar-refractivity contribution in [3.05, 3.63) is 47.2 Å². The van der Waals surface area contributed by atoms with Gasteiger partial charge in [0, 0.05) is 61.0 Å². The Morgan fingerprint density at radius 1 is 1.23 bits per heavy atom. The minimum absolute atomic E-state index is 0.152. The first kappa shape index (κ1) is 23.3. The number of nitrogens with one attached hydrogen (secondary N) is 1. The van der Waals surface area contributed by atoms with Gasteiger partial charge in [-0.25, -0.2) is 9.29 Å². The van der Waals surface area contributed by atoms with E-state index in [1.807, 2.05) is 35.2 Å². The maximum Gasteiger partial charge on any atom is 0.242 e. The molecule has 4 heterocycles. The van der Waals surface area contributed by atoms with Gasteiger partial charge in [0.25, 0.3) is 0 Å². The number of nitrogens with zero attached hydrogens (tertiary/aromatic N) is 4. The van der Waals surface area contributed by atoms with Crippen LogP contribution in [-0.4, -0.2) is 70.1 Å². The van der Waals surface area contributed by atoms with Gasteiger partial charge in [0.05, 0.1) is 11.6 Å². The number of aromatic amines is 1. The molecule has 1 saturated carbocycles. The third-order valence-corrected chi connectivity index (χ3v) is 8.91. The molecule has 0 radical (unpaired) electrons. The van der Waals surface area contributed by atoms with E-state index < -0.39 is 0 Å². The highest BCUT2D eigenvalue weighted by Crippen LogP contribution is 2.46. The Morgan fingerprint density at radius 2 is 2.09 bits per heavy atom. The Morgan fingerprint density at radius 3 is 2.86 bits per heavy atom. The predicted octanol–water partition coefficient (Wildman–Crippen LogP) is 5.40. The van der Waals surface area contributed by atoms with Crippen molar-refractivity contribution in [1.82, 2.24) is 19.2 Å². The van der Waals surface area contributed by atoms with Crippen LogP contribution in [0.25, 0.3) is 22.2 Å². The number of aromatic nitrogens is 2. The van der Waals surface area contributed by atoms with E-state index in [0.717, 1.165) is 51.1 Å². The lowest BCUT2D eigenvalue weighted by Gasteiger charge is -2.37. The van der Waals surface area contributed by atoms with Crippen molar-refractivity contribution in [2.45, 2.75) is 32.1 Å². The molecule has 1 aromatic carbocycles. The average molecular weight is 510 g/mol. The van der Waals surface area contributed by atoms with E-state index in [9.17, 15) is 4.79 Å². The highest BCUT2D eigenvalue weighted by molar-refractivity contribution is 7.97. The SMILES string of the molecule is CC1CN(CCCSN2CCN(c3cccc(-c4cnc5[nH]cc(C6CC6)c5c4Cl)c3)C(=O)C2)C1. The summed E-state index contributed by atoms with van der Waals surface area (Å²) in [6.45, 7) is 8.00. The van der Waals surface area contributed by atoms with E-state index in [1.165, 1.54) is 44.5 Å². The third-order valence-electron chi connectivity index (χ3n) is 7.37. The number of H-pyrrole nitrogens is 1. The number of fused-ring (bicyclic) bond motifs is 1. The first-order chi connectivity index (χ1) is 17.1. The zero-order chi connectivity index (χ0) is 23.9. The summed E-state index contributed by atoms with van der Waals surface area (Å²) < 4.78 is 2.22. The van der Waals surface area contributed by atoms with Crippen molar-refractivity contribution in [3.63, 3.8) is 0 Å². The molecule has 0 spiro atoms. The smallest absolute Gasteiger partial charge is 0.242 e. The molecule has 0 unspecified atom stereocenters. The molecule has 6 rings (SSSR count). The molecular weight excluding hydrogens is 478 g/mol. The zero-order valence-corrected chi connectivity index (χ0v) is 21.7. The van der Waals surface area contributed by atoms with Crippen LogP contribution in [-0.2, 0) is 4.79 Å². The number of carbonyl (C=O) groups excluding carboxylic acids is 1. The second kappa shape index (κ2) is 9.77. The quantitative estimate of drug-likeness (QED) is 0.325. The van der Waals surface area contributed by atoms with E-state index >= 15 is 0 Å². The minimum atomic E-state index is 0.152. The van der Waals surface area contributed by atoms with Gasteiger partial charge in [0.15, 0.2) is 0 Å². The van der Waals surface area contributed by atoms with Crippen molar-refractivity contribution < 1.29 is 4.79 Å². The molecule has 1 amide bonds. The second-order valence-corrected chi connectivity index (χ2v) is 11.8. The number of rotatable bonds is 8. The number of amides is 1. The largest absolute Gasteiger partial charge is 0.346 e. The summed E-state index contributed by atoms with van der Waals surface area (Å²) in [4.78, 5) is 25.4. The molecule has 3 fully saturated rings. The number of hydrogen-bond acceptors (Lipinski definition) is 5. The van der Waals surface area contributed by atoms with Crippen molar-refractivity contribution in [3.8, 4) is 11.1 Å². The van der Waals surface area contributed by atoms with Crippen LogP contribution in [0.4, 0.5) is 5.69 Å². The third kappa shape index (κ3) is 4.84. The molecular formula is C27H32ClN5OS. The maximum absolute atomic E-state index is 13.0. The molecule has 0 bridgehead atoms. The van der Waals surface area contributed by atoms with E-state index in [4.69, 9.17) is 11.6 Å². The standard InChI is InChI=1S/C27H32ClN5OS/c1-18-15-31(16-18)8-3-11-35-32-9-10-33(24(34)17-32)21-5-2-4-20(12-21)23-14-30-27-25(26(23)28)22(13-29-27)19-6-7-19/h2,4-5,12-14,18-19H,3,6-11,15-17H2,1H3,(H,29,30). The number of carbonyl (C=O) groups is 1. The summed E-state index contributed by atoms with van der Waals surface area (Å²) in [6.07, 6.45) is 7.51. The number of anilines is 1. The number of pyridine rings is 1. The summed E-state index contributed by atoms with van der Waals surface area (Å²) in [5, 5.41) is 1.79. The number of benzene rings is 1. The lowest BCUT2D eigenvalue weighted by atomic mass is 10.0. The topological polar surface area (TPSA) is 55.5 Å². The second-order valence-electron chi connectivity index (χ2n) is 10.2. The molecule has 35 heavy (non-hydrogen) atoms. The van der Waals surface area contributed by atoms with Crippen LogP contribution in [0.2, 0.25) is 5.02 Å². The summed E-state index contributed by atoms with van der Waals surface area (Å²) in [6, 6.07) is 8.16. The highest BCUT2D eigenvalue weighted by atomic mass is 35.5. The van der Waals surface area contributed by atoms with Gasteiger partial charge in [-0.2, -0.15) is 0 Å². The summed E-state index contributed by atoms with van der Waals surface area (Å²) in [7, 11) is 0. The van der Waals surface area contributed by atoms with Crippen LogP contribution in [0.1, 0.15) is 37.7 Å². The van der Waals surface area contributed by atoms with Crippen LogP contribution in [0, 0.1) is 5.92 Å². The van der Waals surface area contributed by atoms with Gasteiger partial charge >= 0.3 is 0 Å². The molecule has 2 aromatic heterocycles. The molecule has 0 atom stereocenters. The number of hydrogen-bond donors (Lipinski definition) is 1. The van der Waals surface area contributed by atoms with Crippen LogP contribution in [0.15, 0.2) is 36.7 Å². The molecule has 1 N–H and O–H groups in total. The minimum Gasteiger partial charge on any atom is -0.346 e. The first-order valence-electron chi connectivity index (χ1n) is 12.7. The molecule has 1 aliphatic carbocycles. The zero-order valence-electron chi connectivity index (χ0n) is 20.2. The van der Waals surface area contributed by atoms with Gasteiger partial charge in [-0.15, -0.1) is 0 Å². The number of halogens is 1. The Bertz CT molecular complexity index is 1240.